The maximum absolute atomic E-state index is 2.55. The van der Waals surface area contributed by atoms with E-state index < -0.39 is 0 Å². The van der Waals surface area contributed by atoms with Crippen molar-refractivity contribution < 1.29 is 0 Å². The van der Waals surface area contributed by atoms with Crippen molar-refractivity contribution >= 4 is 0 Å². The first kappa shape index (κ1) is 32.0. The van der Waals surface area contributed by atoms with E-state index in [4.69, 9.17) is 0 Å². The second-order valence-corrected chi connectivity index (χ2v) is 17.1. The lowest BCUT2D eigenvalue weighted by Gasteiger charge is -2.47. The maximum atomic E-state index is 2.55. The molecule has 0 amide bonds. The zero-order chi connectivity index (χ0) is 37.1. The molecule has 12 rings (SSSR count). The van der Waals surface area contributed by atoms with Crippen LogP contribution in [0.1, 0.15) is 76.6 Å². The molecule has 0 N–H and O–H groups in total. The van der Waals surface area contributed by atoms with Crippen molar-refractivity contribution in [2.75, 3.05) is 0 Å². The van der Waals surface area contributed by atoms with E-state index in [-0.39, 0.29) is 22.2 Å². The van der Waals surface area contributed by atoms with E-state index >= 15 is 0 Å². The minimum Gasteiger partial charge on any atom is -0.0619 e. The van der Waals surface area contributed by atoms with Crippen LogP contribution in [0.5, 0.6) is 0 Å². The summed E-state index contributed by atoms with van der Waals surface area (Å²) in [7, 11) is 0. The van der Waals surface area contributed by atoms with Crippen LogP contribution < -0.4 is 0 Å². The average molecular weight is 715 g/mol. The van der Waals surface area contributed by atoms with Gasteiger partial charge in [0.05, 0.1) is 0 Å². The van der Waals surface area contributed by atoms with E-state index in [1.807, 2.05) is 0 Å². The second kappa shape index (κ2) is 11.6. The molecule has 4 aliphatic carbocycles. The van der Waals surface area contributed by atoms with E-state index in [1.54, 1.807) is 0 Å². The lowest BCUT2D eigenvalue weighted by molar-refractivity contribution is 0.283. The summed E-state index contributed by atoms with van der Waals surface area (Å²) in [6, 6.07) is 74.6. The fraction of sp³-hybridized carbons (Fsp3) is 0.143. The highest BCUT2D eigenvalue weighted by Gasteiger charge is 2.57. The van der Waals surface area contributed by atoms with E-state index in [0.29, 0.717) is 0 Å². The summed E-state index contributed by atoms with van der Waals surface area (Å²) in [5.41, 5.74) is 22.0. The Morgan fingerprint density at radius 1 is 0.304 bits per heavy atom. The first-order valence-corrected chi connectivity index (χ1v) is 20.4. The molecular formula is C56H42. The van der Waals surface area contributed by atoms with Gasteiger partial charge in [-0.2, -0.15) is 0 Å². The molecule has 0 heteroatoms. The normalized spacial score (nSPS) is 16.5. The number of hydrogen-bond donors (Lipinski definition) is 0. The Bertz CT molecular complexity index is 2700. The minimum atomic E-state index is -0.311. The largest absolute Gasteiger partial charge is 0.0619 e. The molecule has 8 aromatic carbocycles. The fourth-order valence-corrected chi connectivity index (χ4v) is 12.4. The van der Waals surface area contributed by atoms with E-state index in [0.717, 1.165) is 19.3 Å². The minimum absolute atomic E-state index is 0.219. The van der Waals surface area contributed by atoms with Gasteiger partial charge in [0.2, 0.25) is 0 Å². The third-order valence-corrected chi connectivity index (χ3v) is 14.5. The predicted molar refractivity (Wildman–Crippen MR) is 231 cm³/mol. The molecule has 8 aromatic rings. The molecule has 0 aromatic heterocycles. The second-order valence-electron chi connectivity index (χ2n) is 17.1. The smallest absolute Gasteiger partial charge is 0.0238 e. The van der Waals surface area contributed by atoms with Crippen LogP contribution in [0, 0.1) is 0 Å². The van der Waals surface area contributed by atoms with E-state index in [1.165, 1.54) is 89.0 Å². The SMILES string of the molecule is CC1(CC2(CC3(CC4c5ccccc5-c5ccccc54)c4ccccc4-c4ccccc43)c3ccccc3-c3ccccc32)c2ccccc2-c2ccccc21. The van der Waals surface area contributed by atoms with Crippen molar-refractivity contribution in [3.05, 3.63) is 239 Å². The van der Waals surface area contributed by atoms with Gasteiger partial charge in [-0.25, -0.2) is 0 Å². The first-order chi connectivity index (χ1) is 27.6. The van der Waals surface area contributed by atoms with Gasteiger partial charge in [-0.15, -0.1) is 0 Å². The Kier molecular flexibility index (Phi) is 6.66. The van der Waals surface area contributed by atoms with E-state index in [2.05, 4.69) is 201 Å². The quantitative estimate of drug-likeness (QED) is 0.161. The number of fused-ring (bicyclic) bond motifs is 12. The molecule has 0 unspecified atom stereocenters. The summed E-state index contributed by atoms with van der Waals surface area (Å²) >= 11 is 0. The molecule has 0 atom stereocenters. The van der Waals surface area contributed by atoms with Crippen LogP contribution in [0.15, 0.2) is 194 Å². The van der Waals surface area contributed by atoms with Crippen LogP contribution in [0.2, 0.25) is 0 Å². The molecule has 0 fully saturated rings. The highest BCUT2D eigenvalue weighted by Crippen LogP contribution is 2.67. The van der Waals surface area contributed by atoms with Gasteiger partial charge >= 0.3 is 0 Å². The van der Waals surface area contributed by atoms with Crippen molar-refractivity contribution in [1.82, 2.24) is 0 Å². The Morgan fingerprint density at radius 3 is 0.982 bits per heavy atom. The summed E-state index contributed by atoms with van der Waals surface area (Å²) in [5, 5.41) is 0. The molecule has 0 aliphatic heterocycles. The summed E-state index contributed by atoms with van der Waals surface area (Å²) in [5.74, 6) is 0.258. The van der Waals surface area contributed by atoms with Crippen molar-refractivity contribution in [2.45, 2.75) is 48.3 Å². The third-order valence-electron chi connectivity index (χ3n) is 14.5. The van der Waals surface area contributed by atoms with Crippen molar-refractivity contribution in [3.8, 4) is 44.5 Å². The first-order valence-electron chi connectivity index (χ1n) is 20.4. The van der Waals surface area contributed by atoms with Crippen LogP contribution >= 0.6 is 0 Å². The average Bonchev–Trinajstić information content (AvgIpc) is 3.90. The third kappa shape index (κ3) is 4.14. The summed E-state index contributed by atoms with van der Waals surface area (Å²) in [4.78, 5) is 0. The zero-order valence-electron chi connectivity index (χ0n) is 31.7. The number of benzene rings is 8. The molecule has 0 radical (unpaired) electrons. The van der Waals surface area contributed by atoms with Gasteiger partial charge in [0.1, 0.15) is 0 Å². The number of rotatable bonds is 6. The summed E-state index contributed by atoms with van der Waals surface area (Å²) < 4.78 is 0. The Morgan fingerprint density at radius 2 is 0.589 bits per heavy atom. The van der Waals surface area contributed by atoms with Gasteiger partial charge in [0, 0.05) is 22.2 Å². The lowest BCUT2D eigenvalue weighted by Crippen LogP contribution is -2.43. The van der Waals surface area contributed by atoms with Gasteiger partial charge in [-0.3, -0.25) is 0 Å². The fourth-order valence-electron chi connectivity index (χ4n) is 12.4. The van der Waals surface area contributed by atoms with Gasteiger partial charge in [0.25, 0.3) is 0 Å². The van der Waals surface area contributed by atoms with Gasteiger partial charge in [-0.05, 0) is 108 Å². The standard InChI is InChI=1S/C56H42/c1-54(48-28-12-6-22-41(48)42-23-7-13-29-49(42)54)35-56(52-32-16-10-26-45(52)46-27-11-17-33-53(46)56)36-55(50-30-14-8-24-43(50)44-25-9-15-31-51(44)55)34-47-39-20-4-2-18-37(39)38-19-3-5-21-40(38)47/h2-33,47H,34-36H2,1H3. The Labute approximate surface area is 330 Å². The maximum Gasteiger partial charge on any atom is 0.0238 e. The lowest BCUT2D eigenvalue weighted by atomic mass is 9.55. The van der Waals surface area contributed by atoms with Crippen LogP contribution in [0.4, 0.5) is 0 Å². The predicted octanol–water partition coefficient (Wildman–Crippen LogP) is 13.9. The summed E-state index contributed by atoms with van der Waals surface area (Å²) in [6.07, 6.45) is 2.92. The highest BCUT2D eigenvalue weighted by atomic mass is 14.6. The molecule has 266 valence electrons. The molecule has 4 aliphatic rings. The molecule has 0 bridgehead atoms. The topological polar surface area (TPSA) is 0 Å². The van der Waals surface area contributed by atoms with Crippen LogP contribution in [0.25, 0.3) is 44.5 Å². The van der Waals surface area contributed by atoms with Gasteiger partial charge in [0.15, 0.2) is 0 Å². The zero-order valence-corrected chi connectivity index (χ0v) is 31.7. The van der Waals surface area contributed by atoms with Crippen LogP contribution in [-0.2, 0) is 16.2 Å². The van der Waals surface area contributed by atoms with Crippen LogP contribution in [0.3, 0.4) is 0 Å². The van der Waals surface area contributed by atoms with E-state index in [9.17, 15) is 0 Å². The molecule has 0 spiro atoms. The molecule has 0 saturated carbocycles. The Balaban J connectivity index is 1.16. The molecule has 0 heterocycles. The molecular weight excluding hydrogens is 673 g/mol. The van der Waals surface area contributed by atoms with Crippen molar-refractivity contribution in [3.63, 3.8) is 0 Å². The molecule has 56 heavy (non-hydrogen) atoms. The van der Waals surface area contributed by atoms with Gasteiger partial charge < -0.3 is 0 Å². The Hall–Kier alpha value is -6.24. The van der Waals surface area contributed by atoms with Gasteiger partial charge in [-0.1, -0.05) is 201 Å². The highest BCUT2D eigenvalue weighted by molar-refractivity contribution is 5.87. The molecule has 0 saturated heterocycles. The van der Waals surface area contributed by atoms with Crippen LogP contribution in [-0.4, -0.2) is 0 Å². The van der Waals surface area contributed by atoms with Crippen molar-refractivity contribution in [1.29, 1.82) is 0 Å². The van der Waals surface area contributed by atoms with Crippen molar-refractivity contribution in [2.24, 2.45) is 0 Å². The number of hydrogen-bond acceptors (Lipinski definition) is 0. The summed E-state index contributed by atoms with van der Waals surface area (Å²) in [6.45, 7) is 2.55. The molecule has 0 nitrogen and oxygen atoms in total. The monoisotopic (exact) mass is 714 g/mol.